The van der Waals surface area contributed by atoms with Crippen molar-refractivity contribution in [2.75, 3.05) is 27.2 Å². The smallest absolute Gasteiger partial charge is 0.254 e. The van der Waals surface area contributed by atoms with Gasteiger partial charge in [0.2, 0.25) is 11.6 Å². The largest absolute Gasteiger partial charge is 0.345 e. The molecule has 0 fully saturated rings. The van der Waals surface area contributed by atoms with Crippen LogP contribution in [0.3, 0.4) is 0 Å². The zero-order chi connectivity index (χ0) is 32.4. The number of hydrogen-bond acceptors (Lipinski definition) is 4. The minimum Gasteiger partial charge on any atom is -0.345 e. The van der Waals surface area contributed by atoms with Crippen molar-refractivity contribution in [2.24, 2.45) is 0 Å². The summed E-state index contributed by atoms with van der Waals surface area (Å²) in [5.41, 5.74) is 5.16. The lowest BCUT2D eigenvalue weighted by molar-refractivity contribution is 0.0765. The van der Waals surface area contributed by atoms with Crippen LogP contribution in [0.5, 0.6) is 0 Å². The Labute approximate surface area is 267 Å². The van der Waals surface area contributed by atoms with Gasteiger partial charge in [-0.3, -0.25) is 19.2 Å². The standard InChI is InChI=1S/C38H34N4O4/c1-4-40(38(46)30-21-31-16-11-18-41(31)33(24-30)35(43)27-12-7-5-8-13-27)19-17-26-20-32-22-29(37(45)39(2)3)23-34(42(32)25-26)36(44)28-14-9-6-10-15-28/h5-16,18,20-25H,4,17,19H2,1-3H3. The first-order valence-electron chi connectivity index (χ1n) is 15.2. The first-order valence-corrected chi connectivity index (χ1v) is 15.2. The van der Waals surface area contributed by atoms with E-state index in [1.807, 2.05) is 84.4 Å². The second-order valence-corrected chi connectivity index (χ2v) is 11.4. The number of fused-ring (bicyclic) bond motifs is 2. The lowest BCUT2D eigenvalue weighted by Gasteiger charge is -2.21. The molecule has 230 valence electrons. The maximum atomic E-state index is 13.8. The van der Waals surface area contributed by atoms with Gasteiger partial charge in [0.05, 0.1) is 11.4 Å². The summed E-state index contributed by atoms with van der Waals surface area (Å²) in [6.07, 6.45) is 4.25. The minimum absolute atomic E-state index is 0.159. The lowest BCUT2D eigenvalue weighted by atomic mass is 10.0. The predicted molar refractivity (Wildman–Crippen MR) is 178 cm³/mol. The number of pyridine rings is 2. The summed E-state index contributed by atoms with van der Waals surface area (Å²) in [4.78, 5) is 57.0. The van der Waals surface area contributed by atoms with Crippen LogP contribution in [-0.2, 0) is 6.42 Å². The number of benzene rings is 2. The average molecular weight is 611 g/mol. The molecule has 8 nitrogen and oxygen atoms in total. The molecule has 6 rings (SSSR count). The number of carbonyl (C=O) groups excluding carboxylic acids is 4. The molecule has 4 heterocycles. The van der Waals surface area contributed by atoms with Crippen LogP contribution in [0, 0.1) is 0 Å². The number of nitrogens with zero attached hydrogens (tertiary/aromatic N) is 4. The van der Waals surface area contributed by atoms with Crippen molar-refractivity contribution in [1.29, 1.82) is 0 Å². The van der Waals surface area contributed by atoms with Gasteiger partial charge in [0.15, 0.2) is 0 Å². The second-order valence-electron chi connectivity index (χ2n) is 11.4. The molecule has 0 unspecified atom stereocenters. The van der Waals surface area contributed by atoms with Gasteiger partial charge in [0.1, 0.15) is 0 Å². The van der Waals surface area contributed by atoms with Crippen molar-refractivity contribution < 1.29 is 19.2 Å². The maximum absolute atomic E-state index is 13.8. The van der Waals surface area contributed by atoms with Crippen molar-refractivity contribution in [3.8, 4) is 0 Å². The van der Waals surface area contributed by atoms with Crippen molar-refractivity contribution in [2.45, 2.75) is 13.3 Å². The Morgan fingerprint density at radius 2 is 1.17 bits per heavy atom. The van der Waals surface area contributed by atoms with Gasteiger partial charge in [-0.25, -0.2) is 0 Å². The van der Waals surface area contributed by atoms with Crippen LogP contribution < -0.4 is 0 Å². The summed E-state index contributed by atoms with van der Waals surface area (Å²) in [7, 11) is 3.36. The topological polar surface area (TPSA) is 83.6 Å². The van der Waals surface area contributed by atoms with E-state index < -0.39 is 0 Å². The van der Waals surface area contributed by atoms with Crippen LogP contribution in [0.2, 0.25) is 0 Å². The zero-order valence-electron chi connectivity index (χ0n) is 26.0. The third kappa shape index (κ3) is 5.85. The van der Waals surface area contributed by atoms with E-state index >= 15 is 0 Å². The monoisotopic (exact) mass is 610 g/mol. The fourth-order valence-corrected chi connectivity index (χ4v) is 5.74. The van der Waals surface area contributed by atoms with E-state index in [-0.39, 0.29) is 23.4 Å². The number of aromatic nitrogens is 2. The number of amides is 2. The molecule has 2 amide bonds. The van der Waals surface area contributed by atoms with E-state index in [0.717, 1.165) is 16.6 Å². The first-order chi connectivity index (χ1) is 22.2. The number of rotatable bonds is 10. The summed E-state index contributed by atoms with van der Waals surface area (Å²) in [5, 5.41) is 0. The van der Waals surface area contributed by atoms with Crippen LogP contribution in [0.4, 0.5) is 0 Å². The highest BCUT2D eigenvalue weighted by Crippen LogP contribution is 2.22. The van der Waals surface area contributed by atoms with E-state index in [1.54, 1.807) is 65.9 Å². The number of carbonyl (C=O) groups is 4. The Balaban J connectivity index is 1.29. The molecule has 0 saturated carbocycles. The van der Waals surface area contributed by atoms with Crippen LogP contribution >= 0.6 is 0 Å². The SMILES string of the molecule is CCN(CCc1cc2cc(C(=O)N(C)C)cc(C(=O)c3ccccc3)n2c1)C(=O)c1cc(C(=O)c2ccccc2)n2cccc2c1. The molecule has 6 aromatic rings. The van der Waals surface area contributed by atoms with E-state index in [0.29, 0.717) is 53.2 Å². The van der Waals surface area contributed by atoms with Gasteiger partial charge < -0.3 is 18.6 Å². The molecule has 0 radical (unpaired) electrons. The predicted octanol–water partition coefficient (Wildman–Crippen LogP) is 6.06. The Morgan fingerprint density at radius 3 is 1.76 bits per heavy atom. The van der Waals surface area contributed by atoms with Gasteiger partial charge in [-0.1, -0.05) is 60.7 Å². The van der Waals surface area contributed by atoms with Crippen molar-refractivity contribution in [3.05, 3.63) is 155 Å². The van der Waals surface area contributed by atoms with Crippen LogP contribution in [0.1, 0.15) is 65.3 Å². The average Bonchev–Trinajstić information content (AvgIpc) is 3.74. The maximum Gasteiger partial charge on any atom is 0.254 e. The minimum atomic E-state index is -0.194. The molecule has 0 N–H and O–H groups in total. The summed E-state index contributed by atoms with van der Waals surface area (Å²) in [6, 6.07) is 30.6. The van der Waals surface area contributed by atoms with Crippen LogP contribution in [-0.4, -0.2) is 69.2 Å². The van der Waals surface area contributed by atoms with E-state index in [1.165, 1.54) is 4.90 Å². The van der Waals surface area contributed by atoms with Gasteiger partial charge in [-0.05, 0) is 61.4 Å². The van der Waals surface area contributed by atoms with Gasteiger partial charge in [-0.15, -0.1) is 0 Å². The number of ketones is 2. The van der Waals surface area contributed by atoms with Gasteiger partial charge in [-0.2, -0.15) is 0 Å². The third-order valence-electron chi connectivity index (χ3n) is 8.17. The molecule has 0 aliphatic carbocycles. The zero-order valence-corrected chi connectivity index (χ0v) is 26.0. The number of likely N-dealkylation sites (N-methyl/N-ethyl adjacent to an activating group) is 1. The number of hydrogen-bond donors (Lipinski definition) is 0. The highest BCUT2D eigenvalue weighted by molar-refractivity contribution is 6.10. The molecule has 0 saturated heterocycles. The van der Waals surface area contributed by atoms with Crippen molar-refractivity contribution >= 4 is 34.4 Å². The normalized spacial score (nSPS) is 11.1. The molecule has 4 aromatic heterocycles. The molecular weight excluding hydrogens is 576 g/mol. The summed E-state index contributed by atoms with van der Waals surface area (Å²) in [6.45, 7) is 2.82. The molecule has 0 atom stereocenters. The fraction of sp³-hybridized carbons (Fsp3) is 0.158. The van der Waals surface area contributed by atoms with Crippen LogP contribution in [0.25, 0.3) is 11.0 Å². The highest BCUT2D eigenvalue weighted by atomic mass is 16.2. The summed E-state index contributed by atoms with van der Waals surface area (Å²) >= 11 is 0. The van der Waals surface area contributed by atoms with Crippen LogP contribution in [0.15, 0.2) is 116 Å². The molecule has 2 aromatic carbocycles. The highest BCUT2D eigenvalue weighted by Gasteiger charge is 2.22. The molecule has 0 spiro atoms. The van der Waals surface area contributed by atoms with Crippen molar-refractivity contribution in [1.82, 2.24) is 18.6 Å². The third-order valence-corrected chi connectivity index (χ3v) is 8.17. The Hall–Kier alpha value is -5.76. The lowest BCUT2D eigenvalue weighted by Crippen LogP contribution is -2.33. The van der Waals surface area contributed by atoms with Gasteiger partial charge in [0.25, 0.3) is 11.8 Å². The molecule has 46 heavy (non-hydrogen) atoms. The van der Waals surface area contributed by atoms with E-state index in [2.05, 4.69) is 0 Å². The van der Waals surface area contributed by atoms with Crippen molar-refractivity contribution in [3.63, 3.8) is 0 Å². The molecule has 0 aliphatic rings. The molecular formula is C38H34N4O4. The Morgan fingerprint density at radius 1 is 0.609 bits per heavy atom. The molecule has 0 bridgehead atoms. The van der Waals surface area contributed by atoms with E-state index in [4.69, 9.17) is 0 Å². The Bertz CT molecular complexity index is 2090. The first kappa shape index (κ1) is 30.3. The molecule has 8 heteroatoms. The quantitative estimate of drug-likeness (QED) is 0.177. The second kappa shape index (κ2) is 12.7. The van der Waals surface area contributed by atoms with Gasteiger partial charge >= 0.3 is 0 Å². The molecule has 0 aliphatic heterocycles. The van der Waals surface area contributed by atoms with Gasteiger partial charge in [0, 0.05) is 72.9 Å². The fourth-order valence-electron chi connectivity index (χ4n) is 5.74. The van der Waals surface area contributed by atoms with E-state index in [9.17, 15) is 19.2 Å². The summed E-state index contributed by atoms with van der Waals surface area (Å²) in [5.74, 6) is -0.711. The summed E-state index contributed by atoms with van der Waals surface area (Å²) < 4.78 is 3.62. The Kier molecular flexibility index (Phi) is 8.35.